The van der Waals surface area contributed by atoms with Crippen molar-refractivity contribution >= 4 is 73.7 Å². The van der Waals surface area contributed by atoms with Gasteiger partial charge in [-0.25, -0.2) is 4.98 Å². The molecule has 0 aliphatic heterocycles. The molecule has 0 atom stereocenters. The number of nitriles is 3. The maximum absolute atomic E-state index is 13.7. The van der Waals surface area contributed by atoms with E-state index in [0.29, 0.717) is 75.8 Å². The van der Waals surface area contributed by atoms with Crippen molar-refractivity contribution in [2.24, 2.45) is 20.5 Å². The summed E-state index contributed by atoms with van der Waals surface area (Å²) in [5.41, 5.74) is 11.8. The number of aryl methyl sites for hydroxylation is 5. The van der Waals surface area contributed by atoms with E-state index >= 15 is 0 Å². The van der Waals surface area contributed by atoms with E-state index in [-0.39, 0.29) is 23.4 Å². The molecule has 0 aliphatic rings. The van der Waals surface area contributed by atoms with Gasteiger partial charge in [0, 0.05) is 52.2 Å². The van der Waals surface area contributed by atoms with Gasteiger partial charge in [-0.2, -0.15) is 20.2 Å². The van der Waals surface area contributed by atoms with E-state index in [0.717, 1.165) is 87.1 Å². The van der Waals surface area contributed by atoms with Crippen LogP contribution in [0.2, 0.25) is 0 Å². The molecular formula is C80H91N13O4S. The molecule has 0 unspecified atom stereocenters. The van der Waals surface area contributed by atoms with Gasteiger partial charge in [0.05, 0.1) is 24.5 Å². The molecule has 3 aromatic heterocycles. The van der Waals surface area contributed by atoms with Crippen molar-refractivity contribution in [1.29, 1.82) is 15.8 Å². The van der Waals surface area contributed by atoms with Crippen LogP contribution in [0, 0.1) is 68.6 Å². The molecule has 0 fully saturated rings. The normalized spacial score (nSPS) is 11.0. The van der Waals surface area contributed by atoms with Gasteiger partial charge < -0.3 is 30.1 Å². The molecule has 0 spiro atoms. The molecule has 18 heteroatoms. The van der Waals surface area contributed by atoms with Crippen LogP contribution in [0.4, 0.5) is 62.1 Å². The van der Waals surface area contributed by atoms with Crippen LogP contribution in [-0.4, -0.2) is 32.2 Å². The van der Waals surface area contributed by atoms with E-state index in [4.69, 9.17) is 14.5 Å². The molecule has 506 valence electrons. The van der Waals surface area contributed by atoms with Gasteiger partial charge in [-0.1, -0.05) is 170 Å². The third-order valence-electron chi connectivity index (χ3n) is 16.9. The van der Waals surface area contributed by atoms with E-state index in [1.807, 2.05) is 136 Å². The summed E-state index contributed by atoms with van der Waals surface area (Å²) in [5, 5.41) is 65.7. The topological polar surface area (TPSA) is 235 Å². The van der Waals surface area contributed by atoms with Crippen molar-refractivity contribution in [2.75, 3.05) is 28.7 Å². The van der Waals surface area contributed by atoms with E-state index in [1.165, 1.54) is 88.2 Å². The van der Waals surface area contributed by atoms with Crippen LogP contribution in [0.15, 0.2) is 171 Å². The molecule has 0 saturated heterocycles. The second-order valence-electron chi connectivity index (χ2n) is 24.5. The smallest absolute Gasteiger partial charge is 0.281 e. The fourth-order valence-electron chi connectivity index (χ4n) is 11.3. The number of azo groups is 2. The van der Waals surface area contributed by atoms with E-state index in [2.05, 4.69) is 110 Å². The fourth-order valence-corrected chi connectivity index (χ4v) is 12.0. The molecule has 6 aromatic carbocycles. The molecule has 17 nitrogen and oxygen atoms in total. The Hall–Kier alpha value is -10.5. The van der Waals surface area contributed by atoms with Crippen molar-refractivity contribution in [3.63, 3.8) is 0 Å². The van der Waals surface area contributed by atoms with Crippen molar-refractivity contribution in [2.45, 2.75) is 171 Å². The van der Waals surface area contributed by atoms with Gasteiger partial charge in [0.15, 0.2) is 22.3 Å². The summed E-state index contributed by atoms with van der Waals surface area (Å²) < 4.78 is 17.6. The van der Waals surface area contributed by atoms with Crippen LogP contribution in [0.5, 0.6) is 17.4 Å². The largest absolute Gasteiger partial charge is 0.493 e. The second-order valence-corrected chi connectivity index (χ2v) is 25.2. The number of ether oxygens (including phenoxy) is 2. The van der Waals surface area contributed by atoms with Gasteiger partial charge in [-0.15, -0.1) is 20.5 Å². The van der Waals surface area contributed by atoms with Crippen LogP contribution < -0.4 is 30.6 Å². The molecule has 3 heterocycles. The zero-order valence-electron chi connectivity index (χ0n) is 58.0. The molecular weight excluding hydrogens is 1240 g/mol. The first-order valence-electron chi connectivity index (χ1n) is 34.4. The molecule has 9 aromatic rings. The summed E-state index contributed by atoms with van der Waals surface area (Å²) in [5.74, 6) is 1.77. The standard InChI is InChI=1S/C40H50N8S.C40H41N5O4/c1-5-7-9-11-13-15-17-31-19-23-33(24-20-31)43-38-35(27-41)29(3)37(46-47-40-36(28-42)30(4)48-49-40)39(45-38)44-34-25-21-32(22-26-34)18-16-14-12-10-8-6-2;1-5-6-23-49-37-26-33(45(31-14-9-7-10-15-31)32-16-11-8-12-17-32)19-20-35(37)42-43-38-30(4)34(27-41)39(46)44(40(38)47)22-13-24-48-36-21-18-28(2)25-29(36)3/h19-26H,5-18H2,1-4H3,(H2,43,44,45);7-12,14-21,25-26,46H,5-6,13,22-24H2,1-4H3. The maximum atomic E-state index is 13.7. The summed E-state index contributed by atoms with van der Waals surface area (Å²) in [4.78, 5) is 20.7. The number of hydrogen-bond acceptors (Lipinski definition) is 17. The lowest BCUT2D eigenvalue weighted by Gasteiger charge is -2.26. The number of anilines is 7. The highest BCUT2D eigenvalue weighted by molar-refractivity contribution is 7.10. The summed E-state index contributed by atoms with van der Waals surface area (Å²) in [6, 6.07) is 55.0. The number of para-hydroxylation sites is 2. The molecule has 0 bridgehead atoms. The highest BCUT2D eigenvalue weighted by Gasteiger charge is 2.23. The monoisotopic (exact) mass is 1330 g/mol. The lowest BCUT2D eigenvalue weighted by molar-refractivity contribution is 0.293. The third-order valence-corrected chi connectivity index (χ3v) is 17.7. The number of aromatic nitrogens is 3. The average Bonchev–Trinajstić information content (AvgIpc) is 0.930. The maximum Gasteiger partial charge on any atom is 0.281 e. The van der Waals surface area contributed by atoms with Gasteiger partial charge in [0.2, 0.25) is 5.88 Å². The van der Waals surface area contributed by atoms with Crippen molar-refractivity contribution < 1.29 is 14.6 Å². The average molecular weight is 1330 g/mol. The van der Waals surface area contributed by atoms with Crippen molar-refractivity contribution in [3.8, 4) is 35.6 Å². The Bertz CT molecular complexity index is 4260. The Kier molecular flexibility index (Phi) is 28.7. The SMILES string of the molecule is CCCCCCCCc1ccc(Nc2nc(Nc3ccc(CCCCCCCC)cc3)c(N=Nc3snc(C)c3C#N)c(C)c2C#N)cc1.CCCCOc1cc(N(c2ccccc2)c2ccccc2)ccc1N=Nc1c(C)c(C#N)c(O)n(CCCOc2ccc(C)cc2C)c1=O. The summed E-state index contributed by atoms with van der Waals surface area (Å²) in [6.45, 7) is 16.7. The summed E-state index contributed by atoms with van der Waals surface area (Å²) in [7, 11) is 0. The minimum absolute atomic E-state index is 0.0246. The number of hydrogen-bond donors (Lipinski definition) is 3. The van der Waals surface area contributed by atoms with Gasteiger partial charge in [0.25, 0.3) is 5.56 Å². The van der Waals surface area contributed by atoms with Crippen molar-refractivity contribution in [3.05, 3.63) is 212 Å². The van der Waals surface area contributed by atoms with Crippen LogP contribution in [0.3, 0.4) is 0 Å². The lowest BCUT2D eigenvalue weighted by atomic mass is 10.0. The number of unbranched alkanes of at least 4 members (excludes halogenated alkanes) is 11. The van der Waals surface area contributed by atoms with Gasteiger partial charge in [-0.3, -0.25) is 9.36 Å². The Morgan fingerprint density at radius 1 is 0.531 bits per heavy atom. The van der Waals surface area contributed by atoms with Crippen LogP contribution in [-0.2, 0) is 19.4 Å². The van der Waals surface area contributed by atoms with Crippen LogP contribution in [0.25, 0.3) is 0 Å². The van der Waals surface area contributed by atoms with E-state index in [1.54, 1.807) is 13.8 Å². The summed E-state index contributed by atoms with van der Waals surface area (Å²) in [6.07, 6.45) is 19.6. The van der Waals surface area contributed by atoms with Gasteiger partial charge in [0.1, 0.15) is 52.2 Å². The van der Waals surface area contributed by atoms with Crippen molar-refractivity contribution in [1.82, 2.24) is 13.9 Å². The quantitative estimate of drug-likeness (QED) is 0.0252. The fraction of sp³-hybridized carbons (Fsp3) is 0.350. The molecule has 3 N–H and O–H groups in total. The number of benzene rings is 6. The lowest BCUT2D eigenvalue weighted by Crippen LogP contribution is -2.23. The number of aromatic hydroxyl groups is 1. The highest BCUT2D eigenvalue weighted by Crippen LogP contribution is 2.42. The zero-order valence-corrected chi connectivity index (χ0v) is 58.8. The van der Waals surface area contributed by atoms with Gasteiger partial charge >= 0.3 is 0 Å². The second kappa shape index (κ2) is 38.3. The number of rotatable bonds is 34. The number of nitrogens with zero attached hydrogens (tertiary/aromatic N) is 11. The first kappa shape index (κ1) is 73.3. The Morgan fingerprint density at radius 3 is 1.63 bits per heavy atom. The Morgan fingerprint density at radius 2 is 1.06 bits per heavy atom. The number of pyridine rings is 2. The minimum atomic E-state index is -0.548. The molecule has 0 amide bonds. The predicted octanol–water partition coefficient (Wildman–Crippen LogP) is 22.5. The van der Waals surface area contributed by atoms with Gasteiger partial charge in [-0.05, 0) is 168 Å². The van der Waals surface area contributed by atoms with E-state index in [9.17, 15) is 25.7 Å². The Labute approximate surface area is 582 Å². The van der Waals surface area contributed by atoms with E-state index < -0.39 is 11.4 Å². The van der Waals surface area contributed by atoms with Crippen LogP contribution in [0.1, 0.15) is 173 Å². The zero-order chi connectivity index (χ0) is 69.6. The first-order chi connectivity index (χ1) is 47.8. The molecule has 98 heavy (non-hydrogen) atoms. The summed E-state index contributed by atoms with van der Waals surface area (Å²) >= 11 is 1.12. The number of nitrogens with one attached hydrogen (secondary N) is 2. The Balaban J connectivity index is 0.000000250. The highest BCUT2D eigenvalue weighted by atomic mass is 32.1. The van der Waals surface area contributed by atoms with Crippen LogP contribution >= 0.6 is 11.5 Å². The molecule has 0 saturated carbocycles. The molecule has 0 radical (unpaired) electrons. The predicted molar refractivity (Wildman–Crippen MR) is 397 cm³/mol. The third kappa shape index (κ3) is 20.5. The molecule has 9 rings (SSSR count). The molecule has 0 aliphatic carbocycles. The first-order valence-corrected chi connectivity index (χ1v) is 35.2. The minimum Gasteiger partial charge on any atom is -0.493 e.